The van der Waals surface area contributed by atoms with E-state index in [9.17, 15) is 14.9 Å². The van der Waals surface area contributed by atoms with Crippen LogP contribution in [0.25, 0.3) is 0 Å². The number of rotatable bonds is 8. The summed E-state index contributed by atoms with van der Waals surface area (Å²) in [6.45, 7) is 4.25. The van der Waals surface area contributed by atoms with Crippen molar-refractivity contribution in [1.82, 2.24) is 9.80 Å². The Kier molecular flexibility index (Phi) is 6.36. The third-order valence-electron chi connectivity index (χ3n) is 5.98. The van der Waals surface area contributed by atoms with Gasteiger partial charge in [-0.3, -0.25) is 19.8 Å². The molecule has 4 rings (SSSR count). The van der Waals surface area contributed by atoms with Gasteiger partial charge in [-0.1, -0.05) is 12.1 Å². The van der Waals surface area contributed by atoms with Gasteiger partial charge in [0.2, 0.25) is 5.91 Å². The smallest absolute Gasteiger partial charge is 0.269 e. The van der Waals surface area contributed by atoms with Crippen molar-refractivity contribution in [2.45, 2.75) is 25.4 Å². The second-order valence-electron chi connectivity index (χ2n) is 8.14. The van der Waals surface area contributed by atoms with Gasteiger partial charge >= 0.3 is 0 Å². The molecule has 0 atom stereocenters. The first-order chi connectivity index (χ1) is 15.0. The number of carbonyl (C=O) groups is 1. The number of non-ortho nitro benzene ring substituents is 1. The Morgan fingerprint density at radius 2 is 1.71 bits per heavy atom. The zero-order valence-electron chi connectivity index (χ0n) is 17.8. The van der Waals surface area contributed by atoms with E-state index in [-0.39, 0.29) is 16.5 Å². The molecule has 1 saturated heterocycles. The fourth-order valence-electron chi connectivity index (χ4n) is 3.97. The predicted octanol–water partition coefficient (Wildman–Crippen LogP) is 2.92. The molecule has 1 aliphatic heterocycles. The van der Waals surface area contributed by atoms with Crippen molar-refractivity contribution in [3.63, 3.8) is 0 Å². The van der Waals surface area contributed by atoms with Gasteiger partial charge in [-0.2, -0.15) is 0 Å². The lowest BCUT2D eigenvalue weighted by Gasteiger charge is -2.36. The molecule has 1 aliphatic carbocycles. The van der Waals surface area contributed by atoms with E-state index in [0.29, 0.717) is 19.1 Å². The number of piperazine rings is 1. The molecule has 0 unspecified atom stereocenters. The molecule has 1 heterocycles. The second kappa shape index (κ2) is 9.34. The first-order valence-electron chi connectivity index (χ1n) is 10.7. The van der Waals surface area contributed by atoms with Crippen LogP contribution < -0.4 is 9.64 Å². The van der Waals surface area contributed by atoms with Crippen molar-refractivity contribution >= 4 is 17.3 Å². The predicted molar refractivity (Wildman–Crippen MR) is 118 cm³/mol. The van der Waals surface area contributed by atoms with E-state index in [4.69, 9.17) is 4.74 Å². The lowest BCUT2D eigenvalue weighted by Crippen LogP contribution is -2.50. The molecule has 31 heavy (non-hydrogen) atoms. The van der Waals surface area contributed by atoms with Crippen molar-refractivity contribution in [2.75, 3.05) is 44.7 Å². The van der Waals surface area contributed by atoms with Crippen LogP contribution in [0.3, 0.4) is 0 Å². The fraction of sp³-hybridized carbons (Fsp3) is 0.435. The standard InChI is InChI=1S/C23H28N4O4/c1-31-22-10-2-18(3-11-22)16-26(20-6-7-20)23(28)17-24-12-14-25(15-13-24)19-4-8-21(9-5-19)27(29)30/h2-5,8-11,20H,6-7,12-17H2,1H3. The highest BCUT2D eigenvalue weighted by molar-refractivity contribution is 5.79. The summed E-state index contributed by atoms with van der Waals surface area (Å²) < 4.78 is 5.22. The highest BCUT2D eigenvalue weighted by Gasteiger charge is 2.33. The first-order valence-corrected chi connectivity index (χ1v) is 10.7. The minimum Gasteiger partial charge on any atom is -0.497 e. The Morgan fingerprint density at radius 1 is 1.06 bits per heavy atom. The molecule has 2 aliphatic rings. The van der Waals surface area contributed by atoms with Gasteiger partial charge in [0.05, 0.1) is 18.6 Å². The zero-order chi connectivity index (χ0) is 21.8. The van der Waals surface area contributed by atoms with Crippen molar-refractivity contribution in [3.05, 3.63) is 64.2 Å². The maximum absolute atomic E-state index is 13.1. The molecule has 1 saturated carbocycles. The topological polar surface area (TPSA) is 79.2 Å². The number of nitrogens with zero attached hydrogens (tertiary/aromatic N) is 4. The summed E-state index contributed by atoms with van der Waals surface area (Å²) in [5, 5.41) is 10.8. The summed E-state index contributed by atoms with van der Waals surface area (Å²) in [5.41, 5.74) is 2.20. The Balaban J connectivity index is 1.30. The number of anilines is 1. The molecule has 0 bridgehead atoms. The summed E-state index contributed by atoms with van der Waals surface area (Å²) in [5.74, 6) is 1.00. The van der Waals surface area contributed by atoms with Crippen LogP contribution in [0.4, 0.5) is 11.4 Å². The molecule has 0 spiro atoms. The minimum atomic E-state index is -0.384. The van der Waals surface area contributed by atoms with E-state index >= 15 is 0 Å². The number of hydrogen-bond acceptors (Lipinski definition) is 6. The van der Waals surface area contributed by atoms with E-state index in [1.165, 1.54) is 12.1 Å². The Morgan fingerprint density at radius 3 is 2.26 bits per heavy atom. The molecule has 0 aromatic heterocycles. The summed E-state index contributed by atoms with van der Waals surface area (Å²) in [6, 6.07) is 14.9. The van der Waals surface area contributed by atoms with Gasteiger partial charge in [-0.25, -0.2) is 0 Å². The molecule has 1 amide bonds. The lowest BCUT2D eigenvalue weighted by molar-refractivity contribution is -0.384. The molecule has 2 fully saturated rings. The van der Waals surface area contributed by atoms with Crippen molar-refractivity contribution < 1.29 is 14.5 Å². The molecule has 2 aromatic carbocycles. The third kappa shape index (κ3) is 5.32. The van der Waals surface area contributed by atoms with Crippen LogP contribution in [-0.2, 0) is 11.3 Å². The molecule has 8 nitrogen and oxygen atoms in total. The molecule has 2 aromatic rings. The largest absolute Gasteiger partial charge is 0.497 e. The summed E-state index contributed by atoms with van der Waals surface area (Å²) in [6.07, 6.45) is 2.16. The van der Waals surface area contributed by atoms with E-state index in [1.807, 2.05) is 29.2 Å². The van der Waals surface area contributed by atoms with Gasteiger partial charge in [-0.05, 0) is 42.7 Å². The van der Waals surface area contributed by atoms with E-state index in [2.05, 4.69) is 9.80 Å². The summed E-state index contributed by atoms with van der Waals surface area (Å²) in [7, 11) is 1.65. The molecule has 8 heteroatoms. The number of methoxy groups -OCH3 is 1. The first kappa shape index (κ1) is 21.1. The van der Waals surface area contributed by atoms with Crippen molar-refractivity contribution in [1.29, 1.82) is 0 Å². The number of nitro benzene ring substituents is 1. The van der Waals surface area contributed by atoms with Crippen LogP contribution in [-0.4, -0.2) is 66.5 Å². The maximum Gasteiger partial charge on any atom is 0.269 e. The quantitative estimate of drug-likeness (QED) is 0.479. The normalized spacial score (nSPS) is 16.7. The van der Waals surface area contributed by atoms with Crippen molar-refractivity contribution in [2.24, 2.45) is 0 Å². The van der Waals surface area contributed by atoms with Crippen LogP contribution in [0.5, 0.6) is 5.75 Å². The Labute approximate surface area is 182 Å². The Hall–Kier alpha value is -3.13. The Bertz CT molecular complexity index is 904. The zero-order valence-corrected chi connectivity index (χ0v) is 17.8. The van der Waals surface area contributed by atoms with Crippen molar-refractivity contribution in [3.8, 4) is 5.75 Å². The summed E-state index contributed by atoms with van der Waals surface area (Å²) >= 11 is 0. The van der Waals surface area contributed by atoms with Crippen LogP contribution in [0.15, 0.2) is 48.5 Å². The van der Waals surface area contributed by atoms with E-state index < -0.39 is 0 Å². The van der Waals surface area contributed by atoms with Gasteiger partial charge in [0.1, 0.15) is 5.75 Å². The summed E-state index contributed by atoms with van der Waals surface area (Å²) in [4.78, 5) is 29.9. The molecule has 0 radical (unpaired) electrons. The van der Waals surface area contributed by atoms with E-state index in [0.717, 1.165) is 56.0 Å². The van der Waals surface area contributed by atoms with E-state index in [1.54, 1.807) is 19.2 Å². The number of hydrogen-bond donors (Lipinski definition) is 0. The lowest BCUT2D eigenvalue weighted by atomic mass is 10.2. The number of benzene rings is 2. The fourth-order valence-corrected chi connectivity index (χ4v) is 3.97. The monoisotopic (exact) mass is 424 g/mol. The van der Waals surface area contributed by atoms with Crippen LogP contribution in [0.2, 0.25) is 0 Å². The van der Waals surface area contributed by atoms with Crippen LogP contribution in [0.1, 0.15) is 18.4 Å². The average Bonchev–Trinajstić information content (AvgIpc) is 3.63. The highest BCUT2D eigenvalue weighted by Crippen LogP contribution is 2.29. The molecular weight excluding hydrogens is 396 g/mol. The molecule has 164 valence electrons. The SMILES string of the molecule is COc1ccc(CN(C(=O)CN2CCN(c3ccc([N+](=O)[O-])cc3)CC2)C2CC2)cc1. The number of carbonyl (C=O) groups excluding carboxylic acids is 1. The molecular formula is C23H28N4O4. The number of nitro groups is 1. The number of ether oxygens (including phenoxy) is 1. The minimum absolute atomic E-state index is 0.102. The van der Waals surface area contributed by atoms with Crippen LogP contribution in [0, 0.1) is 10.1 Å². The average molecular weight is 425 g/mol. The molecule has 0 N–H and O–H groups in total. The second-order valence-corrected chi connectivity index (χ2v) is 8.14. The highest BCUT2D eigenvalue weighted by atomic mass is 16.6. The van der Waals surface area contributed by atoms with Gasteiger partial charge in [0, 0.05) is 56.6 Å². The number of amides is 1. The van der Waals surface area contributed by atoms with Gasteiger partial charge in [0.25, 0.3) is 5.69 Å². The third-order valence-corrected chi connectivity index (χ3v) is 5.98. The van der Waals surface area contributed by atoms with Gasteiger partial charge in [0.15, 0.2) is 0 Å². The maximum atomic E-state index is 13.1. The van der Waals surface area contributed by atoms with Gasteiger partial charge < -0.3 is 14.5 Å². The van der Waals surface area contributed by atoms with Crippen LogP contribution >= 0.6 is 0 Å². The van der Waals surface area contributed by atoms with Gasteiger partial charge in [-0.15, -0.1) is 0 Å².